The summed E-state index contributed by atoms with van der Waals surface area (Å²) in [6.45, 7) is 5.58. The second-order valence-electron chi connectivity index (χ2n) is 5.98. The van der Waals surface area contributed by atoms with Crippen LogP contribution in [0.25, 0.3) is 0 Å². The molecule has 1 saturated heterocycles. The molecule has 3 atom stereocenters. The molecule has 1 saturated carbocycles. The Hall–Kier alpha value is -0.0800. The Labute approximate surface area is 107 Å². The smallest absolute Gasteiger partial charge is 0.0587 e. The molecule has 0 aromatic heterocycles. The number of rotatable bonds is 4. The molecule has 1 aliphatic heterocycles. The molecule has 2 rings (SSSR count). The van der Waals surface area contributed by atoms with Gasteiger partial charge in [0.1, 0.15) is 0 Å². The van der Waals surface area contributed by atoms with Crippen LogP contribution < -0.4 is 5.32 Å². The molecule has 1 aliphatic carbocycles. The molecule has 17 heavy (non-hydrogen) atoms. The standard InChI is InChI=1S/C15H29NO/c1-3-15-11-14(9-10-17-15)16-12(2)13-7-5-4-6-8-13/h12-16H,3-11H2,1-2H3/t12-,14?,15?/m1/s1. The molecule has 0 radical (unpaired) electrons. The first-order chi connectivity index (χ1) is 8.29. The predicted molar refractivity (Wildman–Crippen MR) is 72.2 cm³/mol. The topological polar surface area (TPSA) is 21.3 Å². The zero-order valence-corrected chi connectivity index (χ0v) is 11.6. The zero-order valence-electron chi connectivity index (χ0n) is 11.6. The van der Waals surface area contributed by atoms with Crippen molar-refractivity contribution in [2.45, 2.75) is 83.4 Å². The quantitative estimate of drug-likeness (QED) is 0.810. The second kappa shape index (κ2) is 6.75. The van der Waals surface area contributed by atoms with Gasteiger partial charge in [-0.3, -0.25) is 0 Å². The van der Waals surface area contributed by atoms with Crippen molar-refractivity contribution in [2.75, 3.05) is 6.61 Å². The molecular formula is C15H29NO. The number of nitrogens with one attached hydrogen (secondary N) is 1. The van der Waals surface area contributed by atoms with Crippen molar-refractivity contribution in [3.63, 3.8) is 0 Å². The number of ether oxygens (including phenoxy) is 1. The van der Waals surface area contributed by atoms with Crippen molar-refractivity contribution in [1.82, 2.24) is 5.32 Å². The van der Waals surface area contributed by atoms with Crippen molar-refractivity contribution in [3.8, 4) is 0 Å². The lowest BCUT2D eigenvalue weighted by atomic mass is 9.84. The van der Waals surface area contributed by atoms with Crippen LogP contribution in [-0.4, -0.2) is 24.8 Å². The lowest BCUT2D eigenvalue weighted by Crippen LogP contribution is -2.46. The van der Waals surface area contributed by atoms with Gasteiger partial charge in [0, 0.05) is 18.7 Å². The van der Waals surface area contributed by atoms with Crippen molar-refractivity contribution >= 4 is 0 Å². The van der Waals surface area contributed by atoms with Crippen LogP contribution in [0.2, 0.25) is 0 Å². The van der Waals surface area contributed by atoms with Crippen molar-refractivity contribution in [2.24, 2.45) is 5.92 Å². The lowest BCUT2D eigenvalue weighted by Gasteiger charge is -2.35. The highest BCUT2D eigenvalue weighted by Crippen LogP contribution is 2.27. The fraction of sp³-hybridized carbons (Fsp3) is 1.00. The van der Waals surface area contributed by atoms with E-state index in [9.17, 15) is 0 Å². The normalized spacial score (nSPS) is 33.5. The summed E-state index contributed by atoms with van der Waals surface area (Å²) in [6, 6.07) is 1.40. The molecule has 2 fully saturated rings. The van der Waals surface area contributed by atoms with E-state index in [4.69, 9.17) is 4.74 Å². The van der Waals surface area contributed by atoms with E-state index in [0.29, 0.717) is 18.2 Å². The first-order valence-corrected chi connectivity index (χ1v) is 7.67. The SMILES string of the molecule is CCC1CC(N[C@H](C)C2CCCCC2)CCO1. The summed E-state index contributed by atoms with van der Waals surface area (Å²) in [7, 11) is 0. The molecule has 1 N–H and O–H groups in total. The fourth-order valence-electron chi connectivity index (χ4n) is 3.46. The third-order valence-corrected chi connectivity index (χ3v) is 4.68. The maximum absolute atomic E-state index is 5.74. The minimum atomic E-state index is 0.500. The first-order valence-electron chi connectivity index (χ1n) is 7.67. The van der Waals surface area contributed by atoms with Crippen molar-refractivity contribution in [3.05, 3.63) is 0 Å². The van der Waals surface area contributed by atoms with Crippen LogP contribution in [-0.2, 0) is 4.74 Å². The van der Waals surface area contributed by atoms with Crippen LogP contribution in [0.3, 0.4) is 0 Å². The zero-order chi connectivity index (χ0) is 12.1. The van der Waals surface area contributed by atoms with Crippen LogP contribution in [0.1, 0.15) is 65.2 Å². The van der Waals surface area contributed by atoms with Crippen LogP contribution in [0.4, 0.5) is 0 Å². The van der Waals surface area contributed by atoms with Crippen LogP contribution >= 0.6 is 0 Å². The molecular weight excluding hydrogens is 210 g/mol. The van der Waals surface area contributed by atoms with Gasteiger partial charge < -0.3 is 10.1 Å². The van der Waals surface area contributed by atoms with Gasteiger partial charge in [-0.2, -0.15) is 0 Å². The Morgan fingerprint density at radius 1 is 1.18 bits per heavy atom. The van der Waals surface area contributed by atoms with Gasteiger partial charge in [-0.05, 0) is 44.9 Å². The fourth-order valence-corrected chi connectivity index (χ4v) is 3.46. The summed E-state index contributed by atoms with van der Waals surface area (Å²) in [5.74, 6) is 0.923. The van der Waals surface area contributed by atoms with Gasteiger partial charge in [0.25, 0.3) is 0 Å². The molecule has 100 valence electrons. The highest BCUT2D eigenvalue weighted by atomic mass is 16.5. The Kier molecular flexibility index (Phi) is 5.30. The van der Waals surface area contributed by atoms with Gasteiger partial charge in [-0.15, -0.1) is 0 Å². The second-order valence-corrected chi connectivity index (χ2v) is 5.98. The number of hydrogen-bond acceptors (Lipinski definition) is 2. The highest BCUT2D eigenvalue weighted by molar-refractivity contribution is 4.82. The largest absolute Gasteiger partial charge is 0.378 e. The predicted octanol–water partition coefficient (Wildman–Crippen LogP) is 3.50. The van der Waals surface area contributed by atoms with E-state index in [0.717, 1.165) is 18.9 Å². The van der Waals surface area contributed by atoms with E-state index in [1.807, 2.05) is 0 Å². The molecule has 1 heterocycles. The van der Waals surface area contributed by atoms with E-state index in [-0.39, 0.29) is 0 Å². The van der Waals surface area contributed by atoms with Gasteiger partial charge in [0.2, 0.25) is 0 Å². The summed E-state index contributed by atoms with van der Waals surface area (Å²) >= 11 is 0. The minimum Gasteiger partial charge on any atom is -0.378 e. The molecule has 0 aromatic rings. The Morgan fingerprint density at radius 2 is 1.94 bits per heavy atom. The summed E-state index contributed by atoms with van der Waals surface area (Å²) in [5, 5.41) is 3.87. The molecule has 0 aromatic carbocycles. The monoisotopic (exact) mass is 239 g/mol. The average Bonchev–Trinajstić information content (AvgIpc) is 2.40. The van der Waals surface area contributed by atoms with E-state index in [1.54, 1.807) is 0 Å². The lowest BCUT2D eigenvalue weighted by molar-refractivity contribution is -0.00327. The summed E-state index contributed by atoms with van der Waals surface area (Å²) < 4.78 is 5.74. The first kappa shape index (κ1) is 13.4. The third kappa shape index (κ3) is 3.96. The molecule has 2 heteroatoms. The molecule has 2 nitrogen and oxygen atoms in total. The third-order valence-electron chi connectivity index (χ3n) is 4.68. The summed E-state index contributed by atoms with van der Waals surface area (Å²) in [6.07, 6.45) is 11.3. The minimum absolute atomic E-state index is 0.500. The van der Waals surface area contributed by atoms with Crippen LogP contribution in [0.15, 0.2) is 0 Å². The average molecular weight is 239 g/mol. The Morgan fingerprint density at radius 3 is 2.65 bits per heavy atom. The maximum atomic E-state index is 5.74. The van der Waals surface area contributed by atoms with E-state index in [2.05, 4.69) is 19.2 Å². The van der Waals surface area contributed by atoms with Crippen LogP contribution in [0, 0.1) is 5.92 Å². The van der Waals surface area contributed by atoms with E-state index < -0.39 is 0 Å². The van der Waals surface area contributed by atoms with Gasteiger partial charge in [0.05, 0.1) is 6.10 Å². The van der Waals surface area contributed by atoms with Crippen molar-refractivity contribution < 1.29 is 4.74 Å². The Balaban J connectivity index is 1.74. The molecule has 2 aliphatic rings. The molecule has 2 unspecified atom stereocenters. The molecule has 0 bridgehead atoms. The number of hydrogen-bond donors (Lipinski definition) is 1. The van der Waals surface area contributed by atoms with Crippen LogP contribution in [0.5, 0.6) is 0 Å². The van der Waals surface area contributed by atoms with Crippen molar-refractivity contribution in [1.29, 1.82) is 0 Å². The molecule has 0 spiro atoms. The van der Waals surface area contributed by atoms with Gasteiger partial charge in [-0.1, -0.05) is 26.2 Å². The van der Waals surface area contributed by atoms with Gasteiger partial charge in [0.15, 0.2) is 0 Å². The highest BCUT2D eigenvalue weighted by Gasteiger charge is 2.26. The van der Waals surface area contributed by atoms with E-state index in [1.165, 1.54) is 44.9 Å². The van der Waals surface area contributed by atoms with Gasteiger partial charge >= 0.3 is 0 Å². The summed E-state index contributed by atoms with van der Waals surface area (Å²) in [4.78, 5) is 0. The van der Waals surface area contributed by atoms with E-state index >= 15 is 0 Å². The summed E-state index contributed by atoms with van der Waals surface area (Å²) in [5.41, 5.74) is 0. The Bertz CT molecular complexity index is 213. The maximum Gasteiger partial charge on any atom is 0.0587 e. The van der Waals surface area contributed by atoms with Gasteiger partial charge in [-0.25, -0.2) is 0 Å². The molecule has 0 amide bonds.